The first-order valence-corrected chi connectivity index (χ1v) is 9.52. The van der Waals surface area contributed by atoms with Crippen molar-refractivity contribution in [3.8, 4) is 0 Å². The van der Waals surface area contributed by atoms with E-state index in [4.69, 9.17) is 0 Å². The molecule has 2 aromatic heterocycles. The van der Waals surface area contributed by atoms with Gasteiger partial charge in [-0.3, -0.25) is 14.0 Å². The molecule has 1 fully saturated rings. The van der Waals surface area contributed by atoms with Crippen molar-refractivity contribution in [2.24, 2.45) is 0 Å². The number of carbonyl (C=O) groups excluding carboxylic acids is 2. The standard InChI is InChI=1S/C19H19N5O2S/c1-10-5-11(2)7-14(6-10)24-16(25)9-15(17(24)26)27-19-22-21-18-20-12(3)8-13(4)23(18)19/h5-8,15H,9H2,1-4H3. The first-order valence-electron chi connectivity index (χ1n) is 8.64. The number of aryl methyl sites for hydroxylation is 4. The summed E-state index contributed by atoms with van der Waals surface area (Å²) in [6.45, 7) is 7.75. The van der Waals surface area contributed by atoms with Crippen molar-refractivity contribution < 1.29 is 9.59 Å². The smallest absolute Gasteiger partial charge is 0.256 e. The molecule has 4 rings (SSSR count). The lowest BCUT2D eigenvalue weighted by atomic mass is 10.1. The van der Waals surface area contributed by atoms with Crippen LogP contribution in [-0.4, -0.2) is 36.6 Å². The van der Waals surface area contributed by atoms with E-state index in [1.807, 2.05) is 56.4 Å². The maximum absolute atomic E-state index is 13.0. The van der Waals surface area contributed by atoms with Crippen molar-refractivity contribution in [1.29, 1.82) is 0 Å². The molecular weight excluding hydrogens is 362 g/mol. The zero-order valence-corrected chi connectivity index (χ0v) is 16.4. The maximum Gasteiger partial charge on any atom is 0.256 e. The minimum atomic E-state index is -0.522. The van der Waals surface area contributed by atoms with Crippen LogP contribution in [-0.2, 0) is 9.59 Å². The van der Waals surface area contributed by atoms with Crippen molar-refractivity contribution >= 4 is 35.0 Å². The van der Waals surface area contributed by atoms with Crippen molar-refractivity contribution in [3.63, 3.8) is 0 Å². The molecule has 0 saturated carbocycles. The van der Waals surface area contributed by atoms with E-state index >= 15 is 0 Å². The second-order valence-corrected chi connectivity index (χ2v) is 8.05. The van der Waals surface area contributed by atoms with E-state index in [2.05, 4.69) is 15.2 Å². The number of hydrogen-bond donors (Lipinski definition) is 0. The Labute approximate surface area is 160 Å². The summed E-state index contributed by atoms with van der Waals surface area (Å²) >= 11 is 1.26. The fourth-order valence-corrected chi connectivity index (χ4v) is 4.56. The topological polar surface area (TPSA) is 80.5 Å². The minimum Gasteiger partial charge on any atom is -0.274 e. The Balaban J connectivity index is 1.65. The lowest BCUT2D eigenvalue weighted by Crippen LogP contribution is -2.31. The molecule has 1 atom stereocenters. The Morgan fingerprint density at radius 2 is 1.70 bits per heavy atom. The van der Waals surface area contributed by atoms with Crippen molar-refractivity contribution in [1.82, 2.24) is 19.6 Å². The summed E-state index contributed by atoms with van der Waals surface area (Å²) in [4.78, 5) is 31.2. The molecule has 8 heteroatoms. The van der Waals surface area contributed by atoms with E-state index < -0.39 is 5.25 Å². The number of amides is 2. The number of aromatic nitrogens is 4. The van der Waals surface area contributed by atoms with Crippen LogP contribution in [0, 0.1) is 27.7 Å². The van der Waals surface area contributed by atoms with Gasteiger partial charge in [-0.25, -0.2) is 9.88 Å². The van der Waals surface area contributed by atoms with Gasteiger partial charge in [0, 0.05) is 17.8 Å². The first kappa shape index (κ1) is 17.7. The molecule has 0 aliphatic carbocycles. The number of fused-ring (bicyclic) bond motifs is 1. The molecule has 7 nitrogen and oxygen atoms in total. The molecule has 1 aliphatic rings. The first-order chi connectivity index (χ1) is 12.8. The average Bonchev–Trinajstić information content (AvgIpc) is 3.08. The largest absolute Gasteiger partial charge is 0.274 e. The highest BCUT2D eigenvalue weighted by Crippen LogP contribution is 2.34. The fraction of sp³-hybridized carbons (Fsp3) is 0.316. The third kappa shape index (κ3) is 3.10. The van der Waals surface area contributed by atoms with Crippen LogP contribution in [0.4, 0.5) is 5.69 Å². The molecule has 1 aromatic carbocycles. The zero-order chi connectivity index (χ0) is 19.3. The Morgan fingerprint density at radius 1 is 1.00 bits per heavy atom. The molecule has 1 unspecified atom stereocenters. The molecule has 0 bridgehead atoms. The summed E-state index contributed by atoms with van der Waals surface area (Å²) in [6.07, 6.45) is 0.143. The number of nitrogens with zero attached hydrogens (tertiary/aromatic N) is 5. The van der Waals surface area contributed by atoms with Crippen LogP contribution in [0.1, 0.15) is 28.9 Å². The molecule has 0 N–H and O–H groups in total. The van der Waals surface area contributed by atoms with E-state index in [-0.39, 0.29) is 18.2 Å². The molecule has 3 heterocycles. The summed E-state index contributed by atoms with van der Waals surface area (Å²) in [5, 5.41) is 8.33. The van der Waals surface area contributed by atoms with Crippen LogP contribution >= 0.6 is 11.8 Å². The number of hydrogen-bond acceptors (Lipinski definition) is 6. The minimum absolute atomic E-state index is 0.143. The van der Waals surface area contributed by atoms with E-state index in [0.29, 0.717) is 16.6 Å². The Kier molecular flexibility index (Phi) is 4.22. The van der Waals surface area contributed by atoms with E-state index in [1.165, 1.54) is 16.7 Å². The number of benzene rings is 1. The summed E-state index contributed by atoms with van der Waals surface area (Å²) < 4.78 is 1.81. The van der Waals surface area contributed by atoms with Gasteiger partial charge in [0.15, 0.2) is 5.16 Å². The van der Waals surface area contributed by atoms with Gasteiger partial charge in [0.2, 0.25) is 11.8 Å². The molecule has 27 heavy (non-hydrogen) atoms. The molecule has 0 radical (unpaired) electrons. The summed E-state index contributed by atoms with van der Waals surface area (Å²) in [6, 6.07) is 7.67. The third-order valence-electron chi connectivity index (χ3n) is 4.48. The van der Waals surface area contributed by atoms with Gasteiger partial charge in [0.1, 0.15) is 5.25 Å². The lowest BCUT2D eigenvalue weighted by molar-refractivity contribution is -0.121. The Bertz CT molecular complexity index is 1070. The lowest BCUT2D eigenvalue weighted by Gasteiger charge is -2.16. The third-order valence-corrected chi connectivity index (χ3v) is 5.61. The van der Waals surface area contributed by atoms with Gasteiger partial charge in [-0.1, -0.05) is 17.8 Å². The van der Waals surface area contributed by atoms with Crippen LogP contribution in [0.5, 0.6) is 0 Å². The van der Waals surface area contributed by atoms with Gasteiger partial charge in [-0.2, -0.15) is 0 Å². The number of rotatable bonds is 3. The highest BCUT2D eigenvalue weighted by atomic mass is 32.2. The van der Waals surface area contributed by atoms with Crippen molar-refractivity contribution in [2.75, 3.05) is 4.90 Å². The van der Waals surface area contributed by atoms with E-state index in [1.54, 1.807) is 0 Å². The number of thioether (sulfide) groups is 1. The molecule has 3 aromatic rings. The molecule has 1 saturated heterocycles. The quantitative estimate of drug-likeness (QED) is 0.649. The number of anilines is 1. The van der Waals surface area contributed by atoms with Crippen LogP contribution in [0.2, 0.25) is 0 Å². The molecule has 2 amide bonds. The van der Waals surface area contributed by atoms with Crippen molar-refractivity contribution in [2.45, 2.75) is 44.5 Å². The zero-order valence-electron chi connectivity index (χ0n) is 15.6. The number of imide groups is 1. The fourth-order valence-electron chi connectivity index (χ4n) is 3.45. The average molecular weight is 381 g/mol. The Morgan fingerprint density at radius 3 is 2.41 bits per heavy atom. The van der Waals surface area contributed by atoms with Gasteiger partial charge in [-0.15, -0.1) is 10.2 Å². The normalized spacial score (nSPS) is 17.3. The second kappa shape index (κ2) is 6.45. The predicted octanol–water partition coefficient (Wildman–Crippen LogP) is 2.78. The van der Waals surface area contributed by atoms with E-state index in [9.17, 15) is 9.59 Å². The van der Waals surface area contributed by atoms with Gasteiger partial charge in [-0.05, 0) is 57.0 Å². The highest BCUT2D eigenvalue weighted by Gasteiger charge is 2.41. The van der Waals surface area contributed by atoms with Gasteiger partial charge >= 0.3 is 0 Å². The predicted molar refractivity (Wildman–Crippen MR) is 103 cm³/mol. The maximum atomic E-state index is 13.0. The molecule has 1 aliphatic heterocycles. The van der Waals surface area contributed by atoms with Gasteiger partial charge < -0.3 is 0 Å². The number of carbonyl (C=O) groups is 2. The van der Waals surface area contributed by atoms with Crippen molar-refractivity contribution in [3.05, 3.63) is 46.8 Å². The van der Waals surface area contributed by atoms with Crippen LogP contribution in [0.25, 0.3) is 5.78 Å². The molecular formula is C19H19N5O2S. The molecule has 138 valence electrons. The van der Waals surface area contributed by atoms with Gasteiger partial charge in [0.05, 0.1) is 5.69 Å². The van der Waals surface area contributed by atoms with Gasteiger partial charge in [0.25, 0.3) is 5.78 Å². The van der Waals surface area contributed by atoms with E-state index in [0.717, 1.165) is 22.5 Å². The van der Waals surface area contributed by atoms with Crippen LogP contribution in [0.3, 0.4) is 0 Å². The second-order valence-electron chi connectivity index (χ2n) is 6.88. The SMILES string of the molecule is Cc1cc(C)cc(N2C(=O)CC(Sc3nnc4nc(C)cc(C)n34)C2=O)c1. The van der Waals surface area contributed by atoms with Crippen LogP contribution in [0.15, 0.2) is 29.4 Å². The summed E-state index contributed by atoms with van der Waals surface area (Å²) in [5.41, 5.74) is 4.46. The van der Waals surface area contributed by atoms with Crippen LogP contribution < -0.4 is 4.90 Å². The monoisotopic (exact) mass is 381 g/mol. The summed E-state index contributed by atoms with van der Waals surface area (Å²) in [5.74, 6) is 0.0874. The Hall–Kier alpha value is -2.74. The summed E-state index contributed by atoms with van der Waals surface area (Å²) in [7, 11) is 0. The highest BCUT2D eigenvalue weighted by molar-refractivity contribution is 8.00. The molecule has 0 spiro atoms.